The third-order valence-corrected chi connectivity index (χ3v) is 5.08. The minimum absolute atomic E-state index is 0.0791. The van der Waals surface area contributed by atoms with Gasteiger partial charge < -0.3 is 15.0 Å². The summed E-state index contributed by atoms with van der Waals surface area (Å²) < 4.78 is 14.2. The summed E-state index contributed by atoms with van der Waals surface area (Å²) in [6.07, 6.45) is 3.58. The fourth-order valence-corrected chi connectivity index (χ4v) is 3.48. The molecule has 1 aliphatic rings. The van der Waals surface area contributed by atoms with Crippen molar-refractivity contribution in [1.82, 2.24) is 14.1 Å². The Kier molecular flexibility index (Phi) is 5.12. The predicted octanol–water partition coefficient (Wildman–Crippen LogP) is 2.71. The quantitative estimate of drug-likeness (QED) is 0.860. The number of hydrogen-bond acceptors (Lipinski definition) is 6. The summed E-state index contributed by atoms with van der Waals surface area (Å²) in [5.41, 5.74) is 0.593. The monoisotopic (exact) mass is 396 g/mol. The maximum atomic E-state index is 12.5. The second kappa shape index (κ2) is 7.27. The van der Waals surface area contributed by atoms with Crippen LogP contribution in [0.3, 0.4) is 0 Å². The molecule has 2 heterocycles. The van der Waals surface area contributed by atoms with E-state index in [4.69, 9.17) is 4.74 Å². The number of nitrogens with one attached hydrogen (secondary N) is 1. The summed E-state index contributed by atoms with van der Waals surface area (Å²) in [5, 5.41) is 3.11. The van der Waals surface area contributed by atoms with E-state index in [0.717, 1.165) is 36.2 Å². The van der Waals surface area contributed by atoms with Gasteiger partial charge >= 0.3 is 0 Å². The highest BCUT2D eigenvalue weighted by atomic mass is 79.9. The first kappa shape index (κ1) is 16.2. The zero-order valence-electron chi connectivity index (χ0n) is 12.7. The van der Waals surface area contributed by atoms with Crippen molar-refractivity contribution in [3.05, 3.63) is 34.4 Å². The molecule has 0 spiro atoms. The zero-order valence-corrected chi connectivity index (χ0v) is 15.1. The SMILES string of the molecule is COc1ccc(Br)c(C(=O)NC2CCN(c3cnsn3)CC2)c1. The van der Waals surface area contributed by atoms with Gasteiger partial charge in [-0.05, 0) is 47.0 Å². The molecule has 6 nitrogen and oxygen atoms in total. The lowest BCUT2D eigenvalue weighted by molar-refractivity contribution is 0.0930. The molecule has 0 aliphatic carbocycles. The molecule has 1 saturated heterocycles. The molecule has 1 amide bonds. The summed E-state index contributed by atoms with van der Waals surface area (Å²) in [5.74, 6) is 1.52. The van der Waals surface area contributed by atoms with Crippen LogP contribution in [0.2, 0.25) is 0 Å². The molecule has 1 fully saturated rings. The number of carbonyl (C=O) groups excluding carboxylic acids is 1. The van der Waals surface area contributed by atoms with Gasteiger partial charge in [0.2, 0.25) is 0 Å². The lowest BCUT2D eigenvalue weighted by atomic mass is 10.0. The maximum absolute atomic E-state index is 12.5. The van der Waals surface area contributed by atoms with Gasteiger partial charge in [-0.3, -0.25) is 4.79 Å². The molecule has 0 unspecified atom stereocenters. The molecule has 1 aromatic heterocycles. The molecule has 0 atom stereocenters. The van der Waals surface area contributed by atoms with Gasteiger partial charge in [-0.2, -0.15) is 8.75 Å². The van der Waals surface area contributed by atoms with E-state index in [9.17, 15) is 4.79 Å². The Bertz CT molecular complexity index is 672. The normalized spacial score (nSPS) is 15.5. The van der Waals surface area contributed by atoms with Crippen molar-refractivity contribution in [3.63, 3.8) is 0 Å². The van der Waals surface area contributed by atoms with Crippen molar-refractivity contribution in [2.75, 3.05) is 25.1 Å². The third kappa shape index (κ3) is 3.81. The van der Waals surface area contributed by atoms with Crippen molar-refractivity contribution in [1.29, 1.82) is 0 Å². The Balaban J connectivity index is 1.59. The second-order valence-corrected chi connectivity index (χ2v) is 6.76. The van der Waals surface area contributed by atoms with Crippen LogP contribution in [0.4, 0.5) is 5.82 Å². The smallest absolute Gasteiger partial charge is 0.252 e. The van der Waals surface area contributed by atoms with E-state index < -0.39 is 0 Å². The van der Waals surface area contributed by atoms with Gasteiger partial charge in [-0.15, -0.1) is 0 Å². The fourth-order valence-electron chi connectivity index (χ4n) is 2.62. The molecule has 0 bridgehead atoms. The molecule has 8 heteroatoms. The van der Waals surface area contributed by atoms with E-state index in [1.165, 1.54) is 11.7 Å². The van der Waals surface area contributed by atoms with Crippen LogP contribution < -0.4 is 15.0 Å². The summed E-state index contributed by atoms with van der Waals surface area (Å²) in [6.45, 7) is 1.74. The van der Waals surface area contributed by atoms with Crippen molar-refractivity contribution in [3.8, 4) is 5.75 Å². The van der Waals surface area contributed by atoms with E-state index in [0.29, 0.717) is 11.3 Å². The number of hydrogen-bond donors (Lipinski definition) is 1. The van der Waals surface area contributed by atoms with E-state index in [1.54, 1.807) is 19.4 Å². The number of nitrogens with zero attached hydrogens (tertiary/aromatic N) is 3. The summed E-state index contributed by atoms with van der Waals surface area (Å²) in [6, 6.07) is 5.56. The lowest BCUT2D eigenvalue weighted by Crippen LogP contribution is -2.44. The Morgan fingerprint density at radius 2 is 2.22 bits per heavy atom. The molecule has 1 aromatic carbocycles. The Hall–Kier alpha value is -1.67. The van der Waals surface area contributed by atoms with Crippen LogP contribution in [0.5, 0.6) is 5.75 Å². The van der Waals surface area contributed by atoms with Crippen LogP contribution in [-0.4, -0.2) is 40.9 Å². The zero-order chi connectivity index (χ0) is 16.2. The van der Waals surface area contributed by atoms with Crippen molar-refractivity contribution < 1.29 is 9.53 Å². The number of piperidine rings is 1. The van der Waals surface area contributed by atoms with Gasteiger partial charge in [0.1, 0.15) is 5.75 Å². The summed E-state index contributed by atoms with van der Waals surface area (Å²) in [7, 11) is 1.59. The van der Waals surface area contributed by atoms with Gasteiger partial charge in [0, 0.05) is 23.6 Å². The Morgan fingerprint density at radius 1 is 1.43 bits per heavy atom. The molecule has 0 radical (unpaired) electrons. The van der Waals surface area contributed by atoms with E-state index in [2.05, 4.69) is 34.9 Å². The molecule has 23 heavy (non-hydrogen) atoms. The van der Waals surface area contributed by atoms with Gasteiger partial charge in [0.25, 0.3) is 5.91 Å². The van der Waals surface area contributed by atoms with Crippen LogP contribution in [0.15, 0.2) is 28.9 Å². The molecule has 1 aliphatic heterocycles. The Labute approximate surface area is 147 Å². The largest absolute Gasteiger partial charge is 0.497 e. The first-order chi connectivity index (χ1) is 11.2. The topological polar surface area (TPSA) is 67.3 Å². The van der Waals surface area contributed by atoms with Crippen molar-refractivity contribution in [2.45, 2.75) is 18.9 Å². The number of benzene rings is 1. The first-order valence-corrected chi connectivity index (χ1v) is 8.86. The molecule has 3 rings (SSSR count). The van der Waals surface area contributed by atoms with Crippen molar-refractivity contribution >= 4 is 39.4 Å². The van der Waals surface area contributed by atoms with Crippen LogP contribution in [-0.2, 0) is 0 Å². The van der Waals surface area contributed by atoms with E-state index >= 15 is 0 Å². The molecule has 0 saturated carbocycles. The minimum Gasteiger partial charge on any atom is -0.497 e. The fraction of sp³-hybridized carbons (Fsp3) is 0.400. The minimum atomic E-state index is -0.0791. The first-order valence-electron chi connectivity index (χ1n) is 7.34. The maximum Gasteiger partial charge on any atom is 0.252 e. The lowest BCUT2D eigenvalue weighted by Gasteiger charge is -2.32. The van der Waals surface area contributed by atoms with Crippen LogP contribution in [0, 0.1) is 0 Å². The molecule has 122 valence electrons. The summed E-state index contributed by atoms with van der Waals surface area (Å²) in [4.78, 5) is 14.7. The van der Waals surface area contributed by atoms with Gasteiger partial charge in [0.15, 0.2) is 5.82 Å². The van der Waals surface area contributed by atoms with Crippen LogP contribution in [0.1, 0.15) is 23.2 Å². The Morgan fingerprint density at radius 3 is 2.87 bits per heavy atom. The number of amides is 1. The van der Waals surface area contributed by atoms with Gasteiger partial charge in [-0.1, -0.05) is 0 Å². The van der Waals surface area contributed by atoms with Crippen LogP contribution in [0.25, 0.3) is 0 Å². The average Bonchev–Trinajstić information content (AvgIpc) is 3.10. The highest BCUT2D eigenvalue weighted by Crippen LogP contribution is 2.23. The van der Waals surface area contributed by atoms with Crippen LogP contribution >= 0.6 is 27.7 Å². The molecule has 2 aromatic rings. The van der Waals surface area contributed by atoms with Crippen molar-refractivity contribution in [2.24, 2.45) is 0 Å². The molecular weight excluding hydrogens is 380 g/mol. The standard InChI is InChI=1S/C15H17BrN4O2S/c1-22-11-2-3-13(16)12(8-11)15(21)18-10-4-6-20(7-5-10)14-9-17-23-19-14/h2-3,8-10H,4-7H2,1H3,(H,18,21). The number of anilines is 1. The molecule has 1 N–H and O–H groups in total. The average molecular weight is 397 g/mol. The third-order valence-electron chi connectivity index (χ3n) is 3.92. The number of methoxy groups -OCH3 is 1. The van der Waals surface area contributed by atoms with E-state index in [1.807, 2.05) is 12.1 Å². The van der Waals surface area contributed by atoms with Gasteiger partial charge in [-0.25, -0.2) is 0 Å². The second-order valence-electron chi connectivity index (χ2n) is 5.35. The number of ether oxygens (including phenoxy) is 1. The number of rotatable bonds is 4. The van der Waals surface area contributed by atoms with E-state index in [-0.39, 0.29) is 11.9 Å². The predicted molar refractivity (Wildman–Crippen MR) is 93.3 cm³/mol. The molecular formula is C15H17BrN4O2S. The highest BCUT2D eigenvalue weighted by molar-refractivity contribution is 9.10. The number of halogens is 1. The number of aromatic nitrogens is 2. The number of carbonyl (C=O) groups is 1. The highest BCUT2D eigenvalue weighted by Gasteiger charge is 2.23. The van der Waals surface area contributed by atoms with Gasteiger partial charge in [0.05, 0.1) is 30.6 Å². The summed E-state index contributed by atoms with van der Waals surface area (Å²) >= 11 is 4.64.